The van der Waals surface area contributed by atoms with Crippen molar-refractivity contribution in [2.75, 3.05) is 6.61 Å². The number of carbonyl (C=O) groups is 1. The Morgan fingerprint density at radius 3 is 2.54 bits per heavy atom. The van der Waals surface area contributed by atoms with Crippen LogP contribution in [0.25, 0.3) is 0 Å². The Balaban J connectivity index is 1.55. The van der Waals surface area contributed by atoms with E-state index in [2.05, 4.69) is 22.5 Å². The number of amides is 1. The van der Waals surface area contributed by atoms with E-state index in [9.17, 15) is 4.79 Å². The zero-order valence-electron chi connectivity index (χ0n) is 16.0. The molecule has 1 amide bonds. The maximum Gasteiger partial charge on any atom is 0.258 e. The van der Waals surface area contributed by atoms with Crippen LogP contribution in [0.1, 0.15) is 28.1 Å². The average Bonchev–Trinajstić information content (AvgIpc) is 2.98. The number of hydrogen-bond acceptors (Lipinski definition) is 4. The van der Waals surface area contributed by atoms with Crippen LogP contribution in [0.4, 0.5) is 0 Å². The fraction of sp³-hybridized carbons (Fsp3) is 0.227. The Bertz CT molecular complexity index is 986. The quantitative estimate of drug-likeness (QED) is 0.689. The van der Waals surface area contributed by atoms with Crippen molar-refractivity contribution in [3.05, 3.63) is 82.7 Å². The standard InChI is InChI=1S/C22H22N4O2/c1-16-21(17(2)26(25-16)14-19-6-4-3-5-7-19)13-24-22(27)15-28-20-10-8-18(12-23)9-11-20/h3-11H,13-15H2,1-2H3,(H,24,27). The van der Waals surface area contributed by atoms with Crippen molar-refractivity contribution in [2.45, 2.75) is 26.9 Å². The van der Waals surface area contributed by atoms with Crippen molar-refractivity contribution in [1.82, 2.24) is 15.1 Å². The molecule has 0 radical (unpaired) electrons. The highest BCUT2D eigenvalue weighted by Crippen LogP contribution is 2.15. The molecule has 0 saturated carbocycles. The first-order valence-corrected chi connectivity index (χ1v) is 9.03. The fourth-order valence-electron chi connectivity index (χ4n) is 2.91. The Morgan fingerprint density at radius 1 is 1.14 bits per heavy atom. The molecule has 0 saturated heterocycles. The number of nitrogens with zero attached hydrogens (tertiary/aromatic N) is 3. The van der Waals surface area contributed by atoms with E-state index < -0.39 is 0 Å². The van der Waals surface area contributed by atoms with E-state index in [1.165, 1.54) is 5.56 Å². The summed E-state index contributed by atoms with van der Waals surface area (Å²) in [6.07, 6.45) is 0. The van der Waals surface area contributed by atoms with E-state index in [1.54, 1.807) is 24.3 Å². The summed E-state index contributed by atoms with van der Waals surface area (Å²) in [6.45, 7) is 4.98. The first kappa shape index (κ1) is 19.2. The zero-order valence-corrected chi connectivity index (χ0v) is 16.0. The minimum absolute atomic E-state index is 0.0812. The summed E-state index contributed by atoms with van der Waals surface area (Å²) in [6, 6.07) is 18.8. The van der Waals surface area contributed by atoms with Gasteiger partial charge in [0, 0.05) is 17.8 Å². The van der Waals surface area contributed by atoms with Crippen LogP contribution in [0.3, 0.4) is 0 Å². The van der Waals surface area contributed by atoms with Gasteiger partial charge in [0.25, 0.3) is 5.91 Å². The van der Waals surface area contributed by atoms with Crippen LogP contribution in [0.2, 0.25) is 0 Å². The second-order valence-corrected chi connectivity index (χ2v) is 6.49. The molecule has 0 spiro atoms. The van der Waals surface area contributed by atoms with Crippen LogP contribution in [-0.2, 0) is 17.9 Å². The molecule has 142 valence electrons. The highest BCUT2D eigenvalue weighted by molar-refractivity contribution is 5.77. The minimum atomic E-state index is -0.209. The van der Waals surface area contributed by atoms with Gasteiger partial charge in [0.15, 0.2) is 6.61 Å². The molecule has 6 heteroatoms. The highest BCUT2D eigenvalue weighted by atomic mass is 16.5. The summed E-state index contributed by atoms with van der Waals surface area (Å²) in [7, 11) is 0. The number of nitriles is 1. The van der Waals surface area contributed by atoms with Crippen LogP contribution in [0, 0.1) is 25.2 Å². The van der Waals surface area contributed by atoms with Crippen LogP contribution in [-0.4, -0.2) is 22.3 Å². The lowest BCUT2D eigenvalue weighted by molar-refractivity contribution is -0.123. The molecule has 3 rings (SSSR count). The summed E-state index contributed by atoms with van der Waals surface area (Å²) < 4.78 is 7.42. The first-order valence-electron chi connectivity index (χ1n) is 9.03. The van der Waals surface area contributed by atoms with Gasteiger partial charge in [0.2, 0.25) is 0 Å². The molecule has 28 heavy (non-hydrogen) atoms. The fourth-order valence-corrected chi connectivity index (χ4v) is 2.91. The summed E-state index contributed by atoms with van der Waals surface area (Å²) in [5, 5.41) is 16.3. The van der Waals surface area contributed by atoms with E-state index in [0.29, 0.717) is 24.4 Å². The monoisotopic (exact) mass is 374 g/mol. The molecule has 0 fully saturated rings. The minimum Gasteiger partial charge on any atom is -0.484 e. The average molecular weight is 374 g/mol. The molecule has 0 unspecified atom stereocenters. The number of aromatic nitrogens is 2. The van der Waals surface area contributed by atoms with E-state index in [1.807, 2.05) is 42.8 Å². The number of carbonyl (C=O) groups excluding carboxylic acids is 1. The predicted octanol–water partition coefficient (Wildman–Crippen LogP) is 3.12. The van der Waals surface area contributed by atoms with Crippen molar-refractivity contribution in [2.24, 2.45) is 0 Å². The van der Waals surface area contributed by atoms with Crippen LogP contribution in [0.5, 0.6) is 5.75 Å². The molecule has 0 bridgehead atoms. The normalized spacial score (nSPS) is 10.3. The van der Waals surface area contributed by atoms with Gasteiger partial charge in [-0.2, -0.15) is 10.4 Å². The van der Waals surface area contributed by atoms with E-state index >= 15 is 0 Å². The van der Waals surface area contributed by atoms with Crippen molar-refractivity contribution < 1.29 is 9.53 Å². The molecule has 0 aliphatic carbocycles. The maximum absolute atomic E-state index is 12.1. The Labute approximate surface area is 164 Å². The number of rotatable bonds is 7. The molecule has 0 atom stereocenters. The van der Waals surface area contributed by atoms with E-state index in [-0.39, 0.29) is 12.5 Å². The van der Waals surface area contributed by atoms with E-state index in [4.69, 9.17) is 10.00 Å². The number of hydrogen-bond donors (Lipinski definition) is 1. The molecule has 1 aromatic heterocycles. The molecule has 0 aliphatic heterocycles. The van der Waals surface area contributed by atoms with Crippen LogP contribution < -0.4 is 10.1 Å². The van der Waals surface area contributed by atoms with Gasteiger partial charge in [0.1, 0.15) is 5.75 Å². The Morgan fingerprint density at radius 2 is 1.86 bits per heavy atom. The van der Waals surface area contributed by atoms with Gasteiger partial charge in [-0.3, -0.25) is 9.48 Å². The zero-order chi connectivity index (χ0) is 19.9. The van der Waals surface area contributed by atoms with Crippen molar-refractivity contribution >= 4 is 5.91 Å². The van der Waals surface area contributed by atoms with Gasteiger partial charge >= 0.3 is 0 Å². The lowest BCUT2D eigenvalue weighted by Gasteiger charge is -2.09. The van der Waals surface area contributed by atoms with Gasteiger partial charge < -0.3 is 10.1 Å². The molecule has 2 aromatic carbocycles. The molecular formula is C22H22N4O2. The first-order chi connectivity index (χ1) is 13.6. The van der Waals surface area contributed by atoms with Crippen molar-refractivity contribution in [3.8, 4) is 11.8 Å². The Kier molecular flexibility index (Phi) is 6.07. The summed E-state index contributed by atoms with van der Waals surface area (Å²) in [5.41, 5.74) is 4.69. The van der Waals surface area contributed by atoms with Gasteiger partial charge in [-0.15, -0.1) is 0 Å². The molecule has 0 aliphatic rings. The maximum atomic E-state index is 12.1. The van der Waals surface area contributed by atoms with Crippen LogP contribution in [0.15, 0.2) is 54.6 Å². The van der Waals surface area contributed by atoms with Gasteiger partial charge in [-0.05, 0) is 43.7 Å². The van der Waals surface area contributed by atoms with E-state index in [0.717, 1.165) is 17.0 Å². The second-order valence-electron chi connectivity index (χ2n) is 6.49. The van der Waals surface area contributed by atoms with Gasteiger partial charge in [0.05, 0.1) is 23.9 Å². The third-order valence-electron chi connectivity index (χ3n) is 4.52. The summed E-state index contributed by atoms with van der Waals surface area (Å²) in [4.78, 5) is 12.1. The third-order valence-corrected chi connectivity index (χ3v) is 4.52. The predicted molar refractivity (Wildman–Crippen MR) is 106 cm³/mol. The van der Waals surface area contributed by atoms with Crippen LogP contribution >= 0.6 is 0 Å². The lowest BCUT2D eigenvalue weighted by Crippen LogP contribution is -2.28. The smallest absolute Gasteiger partial charge is 0.258 e. The van der Waals surface area contributed by atoms with Crippen molar-refractivity contribution in [3.63, 3.8) is 0 Å². The third kappa shape index (κ3) is 4.77. The van der Waals surface area contributed by atoms with Crippen molar-refractivity contribution in [1.29, 1.82) is 5.26 Å². The molecule has 1 N–H and O–H groups in total. The highest BCUT2D eigenvalue weighted by Gasteiger charge is 2.13. The summed E-state index contributed by atoms with van der Waals surface area (Å²) >= 11 is 0. The number of aryl methyl sites for hydroxylation is 1. The molecule has 3 aromatic rings. The largest absolute Gasteiger partial charge is 0.484 e. The molecular weight excluding hydrogens is 352 g/mol. The SMILES string of the molecule is Cc1nn(Cc2ccccc2)c(C)c1CNC(=O)COc1ccc(C#N)cc1. The number of nitrogens with one attached hydrogen (secondary N) is 1. The molecule has 1 heterocycles. The summed E-state index contributed by atoms with van der Waals surface area (Å²) in [5.74, 6) is 0.344. The van der Waals surface area contributed by atoms with Gasteiger partial charge in [-0.25, -0.2) is 0 Å². The lowest BCUT2D eigenvalue weighted by atomic mass is 10.2. The number of ether oxygens (including phenoxy) is 1. The topological polar surface area (TPSA) is 79.9 Å². The Hall–Kier alpha value is -3.59. The molecule has 6 nitrogen and oxygen atoms in total. The van der Waals surface area contributed by atoms with Gasteiger partial charge in [-0.1, -0.05) is 30.3 Å². The number of benzene rings is 2. The second kappa shape index (κ2) is 8.87.